The Kier molecular flexibility index (Phi) is 5.99. The first-order valence-corrected chi connectivity index (χ1v) is 9.15. The molecule has 0 aliphatic carbocycles. The number of benzene rings is 2. The summed E-state index contributed by atoms with van der Waals surface area (Å²) in [6.45, 7) is 6.61. The monoisotopic (exact) mass is 378 g/mol. The highest BCUT2D eigenvalue weighted by atomic mass is 19.1. The maximum atomic E-state index is 12.9. The summed E-state index contributed by atoms with van der Waals surface area (Å²) in [5.41, 5.74) is 4.36. The van der Waals surface area contributed by atoms with Crippen LogP contribution in [0.4, 0.5) is 15.9 Å². The highest BCUT2D eigenvalue weighted by molar-refractivity contribution is 5.92. The van der Waals surface area contributed by atoms with Crippen molar-refractivity contribution in [3.05, 3.63) is 83.1 Å². The van der Waals surface area contributed by atoms with Gasteiger partial charge in [-0.2, -0.15) is 0 Å². The molecule has 0 radical (unpaired) electrons. The van der Waals surface area contributed by atoms with Crippen LogP contribution in [0.25, 0.3) is 0 Å². The van der Waals surface area contributed by atoms with Gasteiger partial charge < -0.3 is 10.6 Å². The molecule has 0 unspecified atom stereocenters. The van der Waals surface area contributed by atoms with Crippen LogP contribution in [0.3, 0.4) is 0 Å². The Balaban J connectivity index is 1.67. The van der Waals surface area contributed by atoms with Crippen molar-refractivity contribution in [3.63, 3.8) is 0 Å². The third-order valence-corrected chi connectivity index (χ3v) is 4.43. The molecule has 3 rings (SSSR count). The topological polar surface area (TPSA) is 66.9 Å². The third kappa shape index (κ3) is 4.71. The van der Waals surface area contributed by atoms with Gasteiger partial charge in [0.1, 0.15) is 17.3 Å². The van der Waals surface area contributed by atoms with Crippen molar-refractivity contribution in [1.82, 2.24) is 15.3 Å². The first kappa shape index (κ1) is 19.5. The van der Waals surface area contributed by atoms with Gasteiger partial charge in [-0.15, -0.1) is 0 Å². The maximum Gasteiger partial charge on any atom is 0.271 e. The van der Waals surface area contributed by atoms with Crippen molar-refractivity contribution >= 4 is 17.4 Å². The fraction of sp³-hybridized carbons (Fsp3) is 0.227. The van der Waals surface area contributed by atoms with E-state index in [1.807, 2.05) is 19.1 Å². The lowest BCUT2D eigenvalue weighted by molar-refractivity contribution is 0.0945. The summed E-state index contributed by atoms with van der Waals surface area (Å²) in [6, 6.07) is 12.1. The van der Waals surface area contributed by atoms with E-state index in [2.05, 4.69) is 40.5 Å². The molecule has 2 N–H and O–H groups in total. The molecule has 5 nitrogen and oxygen atoms in total. The van der Waals surface area contributed by atoms with Gasteiger partial charge in [0.25, 0.3) is 5.91 Å². The molecule has 0 saturated carbocycles. The van der Waals surface area contributed by atoms with Crippen molar-refractivity contribution in [2.45, 2.75) is 33.2 Å². The number of anilines is 2. The number of aromatic nitrogens is 2. The first-order chi connectivity index (χ1) is 13.4. The largest absolute Gasteiger partial charge is 0.347 e. The molecule has 1 amide bonds. The molecule has 0 saturated heterocycles. The third-order valence-electron chi connectivity index (χ3n) is 4.43. The van der Waals surface area contributed by atoms with Gasteiger partial charge in [-0.1, -0.05) is 44.2 Å². The number of rotatable bonds is 6. The van der Waals surface area contributed by atoms with Crippen LogP contribution in [0.1, 0.15) is 46.9 Å². The van der Waals surface area contributed by atoms with Gasteiger partial charge in [0.2, 0.25) is 0 Å². The number of hydrogen-bond donors (Lipinski definition) is 2. The van der Waals surface area contributed by atoms with E-state index in [9.17, 15) is 9.18 Å². The molecule has 2 aromatic carbocycles. The smallest absolute Gasteiger partial charge is 0.271 e. The molecule has 0 aliphatic rings. The van der Waals surface area contributed by atoms with E-state index >= 15 is 0 Å². The lowest BCUT2D eigenvalue weighted by Crippen LogP contribution is -2.24. The van der Waals surface area contributed by atoms with Crippen LogP contribution >= 0.6 is 0 Å². The average molecular weight is 378 g/mol. The molecule has 0 bridgehead atoms. The Morgan fingerprint density at radius 2 is 1.82 bits per heavy atom. The van der Waals surface area contributed by atoms with E-state index in [0.717, 1.165) is 16.8 Å². The number of amides is 1. The second-order valence-corrected chi connectivity index (χ2v) is 6.91. The Bertz CT molecular complexity index is 953. The van der Waals surface area contributed by atoms with Crippen LogP contribution in [-0.4, -0.2) is 15.9 Å². The van der Waals surface area contributed by atoms with Crippen LogP contribution in [0, 0.1) is 12.7 Å². The van der Waals surface area contributed by atoms with E-state index < -0.39 is 0 Å². The van der Waals surface area contributed by atoms with Gasteiger partial charge >= 0.3 is 0 Å². The van der Waals surface area contributed by atoms with E-state index in [0.29, 0.717) is 18.3 Å². The number of nitrogens with zero attached hydrogens (tertiary/aromatic N) is 2. The summed E-state index contributed by atoms with van der Waals surface area (Å²) in [7, 11) is 0. The van der Waals surface area contributed by atoms with Gasteiger partial charge in [0, 0.05) is 12.2 Å². The molecule has 144 valence electrons. The van der Waals surface area contributed by atoms with Crippen molar-refractivity contribution in [3.8, 4) is 0 Å². The van der Waals surface area contributed by atoms with Gasteiger partial charge in [-0.3, -0.25) is 4.79 Å². The second kappa shape index (κ2) is 8.61. The minimum absolute atomic E-state index is 0.224. The van der Waals surface area contributed by atoms with E-state index in [1.54, 1.807) is 18.3 Å². The van der Waals surface area contributed by atoms with Crippen LogP contribution in [0.15, 0.2) is 54.9 Å². The van der Waals surface area contributed by atoms with Crippen molar-refractivity contribution < 1.29 is 9.18 Å². The summed E-state index contributed by atoms with van der Waals surface area (Å²) < 4.78 is 12.9. The minimum atomic E-state index is -0.331. The van der Waals surface area contributed by atoms with Crippen LogP contribution in [0.2, 0.25) is 0 Å². The lowest BCUT2D eigenvalue weighted by Gasteiger charge is -2.16. The molecule has 0 aliphatic heterocycles. The van der Waals surface area contributed by atoms with Crippen LogP contribution < -0.4 is 10.6 Å². The Morgan fingerprint density at radius 1 is 1.07 bits per heavy atom. The number of aryl methyl sites for hydroxylation is 1. The van der Waals surface area contributed by atoms with Gasteiger partial charge in [-0.05, 0) is 41.7 Å². The number of halogens is 1. The number of para-hydroxylation sites is 1. The fourth-order valence-electron chi connectivity index (χ4n) is 2.86. The van der Waals surface area contributed by atoms with Crippen LogP contribution in [-0.2, 0) is 6.54 Å². The standard InChI is InChI=1S/C22H23FN4O/c1-14(2)18-6-4-5-15(3)21(18)27-20-13-24-19(12-25-20)22(28)26-11-16-7-9-17(23)10-8-16/h4-10,12-14H,11H2,1-3H3,(H,25,27)(H,26,28). The average Bonchev–Trinajstić information content (AvgIpc) is 2.69. The predicted octanol–water partition coefficient (Wildman–Crippen LogP) is 4.72. The Labute approximate surface area is 164 Å². The number of hydrogen-bond acceptors (Lipinski definition) is 4. The zero-order valence-electron chi connectivity index (χ0n) is 16.2. The number of carbonyl (C=O) groups excluding carboxylic acids is 1. The summed E-state index contributed by atoms with van der Waals surface area (Å²) in [5, 5.41) is 6.06. The summed E-state index contributed by atoms with van der Waals surface area (Å²) in [5.74, 6) is 0.304. The summed E-state index contributed by atoms with van der Waals surface area (Å²) in [4.78, 5) is 20.8. The molecule has 0 fully saturated rings. The quantitative estimate of drug-likeness (QED) is 0.651. The molecule has 0 spiro atoms. The summed E-state index contributed by atoms with van der Waals surface area (Å²) in [6.07, 6.45) is 2.99. The first-order valence-electron chi connectivity index (χ1n) is 9.15. The number of carbonyl (C=O) groups is 1. The SMILES string of the molecule is Cc1cccc(C(C)C)c1Nc1cnc(C(=O)NCc2ccc(F)cc2)cn1. The lowest BCUT2D eigenvalue weighted by atomic mass is 9.98. The predicted molar refractivity (Wildman–Crippen MR) is 108 cm³/mol. The van der Waals surface area contributed by atoms with E-state index in [4.69, 9.17) is 0 Å². The molecule has 28 heavy (non-hydrogen) atoms. The molecular weight excluding hydrogens is 355 g/mol. The molecule has 0 atom stereocenters. The van der Waals surface area contributed by atoms with Crippen molar-refractivity contribution in [2.24, 2.45) is 0 Å². The Hall–Kier alpha value is -3.28. The zero-order chi connectivity index (χ0) is 20.1. The molecular formula is C22H23FN4O. The molecule has 1 heterocycles. The van der Waals surface area contributed by atoms with Crippen LogP contribution in [0.5, 0.6) is 0 Å². The number of nitrogens with one attached hydrogen (secondary N) is 2. The fourth-order valence-corrected chi connectivity index (χ4v) is 2.86. The Morgan fingerprint density at radius 3 is 2.46 bits per heavy atom. The highest BCUT2D eigenvalue weighted by Crippen LogP contribution is 2.29. The van der Waals surface area contributed by atoms with Gasteiger partial charge in [-0.25, -0.2) is 14.4 Å². The van der Waals surface area contributed by atoms with Gasteiger partial charge in [0.15, 0.2) is 0 Å². The molecule has 3 aromatic rings. The normalized spacial score (nSPS) is 10.8. The second-order valence-electron chi connectivity index (χ2n) is 6.91. The summed E-state index contributed by atoms with van der Waals surface area (Å²) >= 11 is 0. The van der Waals surface area contributed by atoms with E-state index in [1.165, 1.54) is 23.9 Å². The van der Waals surface area contributed by atoms with Crippen molar-refractivity contribution in [2.75, 3.05) is 5.32 Å². The highest BCUT2D eigenvalue weighted by Gasteiger charge is 2.12. The van der Waals surface area contributed by atoms with Crippen molar-refractivity contribution in [1.29, 1.82) is 0 Å². The maximum absolute atomic E-state index is 12.9. The zero-order valence-corrected chi connectivity index (χ0v) is 16.2. The molecule has 1 aromatic heterocycles. The minimum Gasteiger partial charge on any atom is -0.347 e. The molecule has 6 heteroatoms. The van der Waals surface area contributed by atoms with E-state index in [-0.39, 0.29) is 17.4 Å². The van der Waals surface area contributed by atoms with Gasteiger partial charge in [0.05, 0.1) is 12.4 Å².